The minimum absolute atomic E-state index is 0.479. The topological polar surface area (TPSA) is 21.3 Å². The largest absolute Gasteiger partial charge is 0.490 e. The van der Waals surface area contributed by atoms with Crippen LogP contribution in [-0.4, -0.2) is 13.2 Å². The van der Waals surface area contributed by atoms with Crippen LogP contribution in [0.5, 0.6) is 5.75 Å². The van der Waals surface area contributed by atoms with Crippen LogP contribution >= 0.6 is 0 Å². The summed E-state index contributed by atoms with van der Waals surface area (Å²) in [5, 5.41) is 3.20. The van der Waals surface area contributed by atoms with E-state index in [2.05, 4.69) is 30.4 Å². The summed E-state index contributed by atoms with van der Waals surface area (Å²) in [6.45, 7) is 2.16. The second-order valence-electron chi connectivity index (χ2n) is 3.74. The Kier molecular flexibility index (Phi) is 2.62. The molecule has 0 heterocycles. The van der Waals surface area contributed by atoms with Crippen molar-refractivity contribution in [3.63, 3.8) is 0 Å². The summed E-state index contributed by atoms with van der Waals surface area (Å²) >= 11 is 0. The van der Waals surface area contributed by atoms with Gasteiger partial charge in [0.2, 0.25) is 0 Å². The fourth-order valence-corrected chi connectivity index (χ4v) is 1.55. The van der Waals surface area contributed by atoms with E-state index in [-0.39, 0.29) is 0 Å². The van der Waals surface area contributed by atoms with Gasteiger partial charge in [0.25, 0.3) is 0 Å². The summed E-state index contributed by atoms with van der Waals surface area (Å²) < 4.78 is 5.73. The highest BCUT2D eigenvalue weighted by molar-refractivity contribution is 5.54. The van der Waals surface area contributed by atoms with Crippen molar-refractivity contribution in [2.24, 2.45) is 0 Å². The van der Waals surface area contributed by atoms with Crippen LogP contribution in [0.15, 0.2) is 18.2 Å². The molecule has 0 radical (unpaired) electrons. The third-order valence-corrected chi connectivity index (χ3v) is 2.56. The van der Waals surface area contributed by atoms with E-state index in [0.29, 0.717) is 6.10 Å². The summed E-state index contributed by atoms with van der Waals surface area (Å²) in [7, 11) is 1.95. The van der Waals surface area contributed by atoms with Gasteiger partial charge in [0.1, 0.15) is 5.75 Å². The Morgan fingerprint density at radius 3 is 2.79 bits per heavy atom. The molecule has 1 saturated carbocycles. The number of nitrogens with one attached hydrogen (secondary N) is 1. The van der Waals surface area contributed by atoms with Crippen molar-refractivity contribution in [3.8, 4) is 5.75 Å². The third-order valence-electron chi connectivity index (χ3n) is 2.56. The van der Waals surface area contributed by atoms with Gasteiger partial charge in [0, 0.05) is 18.8 Å². The van der Waals surface area contributed by atoms with Crippen LogP contribution in [0, 0.1) is 0 Å². The Morgan fingerprint density at radius 2 is 2.21 bits per heavy atom. The monoisotopic (exact) mass is 191 g/mol. The molecular formula is C12H17NO. The first kappa shape index (κ1) is 9.38. The average Bonchev–Trinajstić information content (AvgIpc) is 3.01. The lowest BCUT2D eigenvalue weighted by Gasteiger charge is -2.10. The Labute approximate surface area is 85.3 Å². The maximum atomic E-state index is 5.73. The minimum atomic E-state index is 0.479. The number of anilines is 1. The van der Waals surface area contributed by atoms with E-state index in [1.165, 1.54) is 24.1 Å². The van der Waals surface area contributed by atoms with Gasteiger partial charge < -0.3 is 10.1 Å². The predicted octanol–water partition coefficient (Wildman–Crippen LogP) is 2.83. The van der Waals surface area contributed by atoms with Crippen molar-refractivity contribution in [3.05, 3.63) is 23.8 Å². The molecule has 1 aliphatic rings. The SMILES string of the molecule is CCc1ccc(OC2CC2)cc1NC. The van der Waals surface area contributed by atoms with Gasteiger partial charge in [-0.3, -0.25) is 0 Å². The van der Waals surface area contributed by atoms with Crippen molar-refractivity contribution in [1.82, 2.24) is 0 Å². The van der Waals surface area contributed by atoms with Crippen molar-refractivity contribution in [2.75, 3.05) is 12.4 Å². The molecular weight excluding hydrogens is 174 g/mol. The number of hydrogen-bond donors (Lipinski definition) is 1. The molecule has 1 fully saturated rings. The predicted molar refractivity (Wildman–Crippen MR) is 59.0 cm³/mol. The van der Waals surface area contributed by atoms with E-state index in [1.54, 1.807) is 0 Å². The van der Waals surface area contributed by atoms with Crippen LogP contribution < -0.4 is 10.1 Å². The number of ether oxygens (including phenoxy) is 1. The first-order valence-corrected chi connectivity index (χ1v) is 5.31. The second kappa shape index (κ2) is 3.91. The molecule has 0 saturated heterocycles. The van der Waals surface area contributed by atoms with E-state index in [0.717, 1.165) is 12.2 Å². The molecule has 0 spiro atoms. The molecule has 1 aliphatic carbocycles. The zero-order chi connectivity index (χ0) is 9.97. The molecule has 1 aromatic carbocycles. The van der Waals surface area contributed by atoms with Gasteiger partial charge in [0.15, 0.2) is 0 Å². The molecule has 1 aromatic rings. The maximum absolute atomic E-state index is 5.73. The molecule has 76 valence electrons. The number of benzene rings is 1. The molecule has 0 amide bonds. The van der Waals surface area contributed by atoms with Crippen molar-refractivity contribution >= 4 is 5.69 Å². The molecule has 14 heavy (non-hydrogen) atoms. The van der Waals surface area contributed by atoms with Gasteiger partial charge in [-0.15, -0.1) is 0 Å². The van der Waals surface area contributed by atoms with E-state index in [9.17, 15) is 0 Å². The fraction of sp³-hybridized carbons (Fsp3) is 0.500. The molecule has 0 unspecified atom stereocenters. The summed E-state index contributed by atoms with van der Waals surface area (Å²) in [5.74, 6) is 0.994. The molecule has 2 nitrogen and oxygen atoms in total. The summed E-state index contributed by atoms with van der Waals surface area (Å²) in [6, 6.07) is 6.30. The normalized spacial score (nSPS) is 15.3. The Morgan fingerprint density at radius 1 is 1.43 bits per heavy atom. The molecule has 0 aromatic heterocycles. The Bertz CT molecular complexity index is 318. The molecule has 0 aliphatic heterocycles. The zero-order valence-electron chi connectivity index (χ0n) is 8.84. The van der Waals surface area contributed by atoms with Gasteiger partial charge in [-0.05, 0) is 30.9 Å². The first-order valence-electron chi connectivity index (χ1n) is 5.31. The fourth-order valence-electron chi connectivity index (χ4n) is 1.55. The van der Waals surface area contributed by atoms with E-state index in [1.807, 2.05) is 7.05 Å². The molecule has 0 atom stereocenters. The van der Waals surface area contributed by atoms with Crippen LogP contribution in [0.3, 0.4) is 0 Å². The van der Waals surface area contributed by atoms with Crippen LogP contribution in [0.25, 0.3) is 0 Å². The minimum Gasteiger partial charge on any atom is -0.490 e. The van der Waals surface area contributed by atoms with Gasteiger partial charge >= 0.3 is 0 Å². The maximum Gasteiger partial charge on any atom is 0.121 e. The van der Waals surface area contributed by atoms with Gasteiger partial charge in [-0.25, -0.2) is 0 Å². The van der Waals surface area contributed by atoms with Gasteiger partial charge in [-0.2, -0.15) is 0 Å². The standard InChI is InChI=1S/C12H17NO/c1-3-9-4-5-11(8-12(9)13-2)14-10-6-7-10/h4-5,8,10,13H,3,6-7H2,1-2H3. The van der Waals surface area contributed by atoms with Gasteiger partial charge in [-0.1, -0.05) is 13.0 Å². The second-order valence-corrected chi connectivity index (χ2v) is 3.74. The first-order chi connectivity index (χ1) is 6.83. The van der Waals surface area contributed by atoms with Crippen molar-refractivity contribution < 1.29 is 4.74 Å². The smallest absolute Gasteiger partial charge is 0.121 e. The number of aryl methyl sites for hydroxylation is 1. The molecule has 2 rings (SSSR count). The highest BCUT2D eigenvalue weighted by atomic mass is 16.5. The van der Waals surface area contributed by atoms with E-state index < -0.39 is 0 Å². The zero-order valence-corrected chi connectivity index (χ0v) is 8.84. The van der Waals surface area contributed by atoms with Crippen LogP contribution in [0.4, 0.5) is 5.69 Å². The number of rotatable bonds is 4. The highest BCUT2D eigenvalue weighted by Gasteiger charge is 2.23. The lowest BCUT2D eigenvalue weighted by molar-refractivity contribution is 0.303. The molecule has 2 heteroatoms. The molecule has 1 N–H and O–H groups in total. The highest BCUT2D eigenvalue weighted by Crippen LogP contribution is 2.29. The average molecular weight is 191 g/mol. The Hall–Kier alpha value is -1.18. The van der Waals surface area contributed by atoms with Crippen molar-refractivity contribution in [2.45, 2.75) is 32.3 Å². The lowest BCUT2D eigenvalue weighted by atomic mass is 10.1. The quantitative estimate of drug-likeness (QED) is 0.790. The van der Waals surface area contributed by atoms with Crippen LogP contribution in [-0.2, 0) is 6.42 Å². The van der Waals surface area contributed by atoms with E-state index >= 15 is 0 Å². The summed E-state index contributed by atoms with van der Waals surface area (Å²) in [4.78, 5) is 0. The summed E-state index contributed by atoms with van der Waals surface area (Å²) in [5.41, 5.74) is 2.53. The lowest BCUT2D eigenvalue weighted by Crippen LogP contribution is -1.99. The third kappa shape index (κ3) is 2.00. The van der Waals surface area contributed by atoms with Crippen molar-refractivity contribution in [1.29, 1.82) is 0 Å². The van der Waals surface area contributed by atoms with E-state index in [4.69, 9.17) is 4.74 Å². The number of hydrogen-bond acceptors (Lipinski definition) is 2. The van der Waals surface area contributed by atoms with Gasteiger partial charge in [0.05, 0.1) is 6.10 Å². The molecule has 0 bridgehead atoms. The Balaban J connectivity index is 2.16. The van der Waals surface area contributed by atoms with Crippen LogP contribution in [0.2, 0.25) is 0 Å². The van der Waals surface area contributed by atoms with Crippen LogP contribution in [0.1, 0.15) is 25.3 Å². The summed E-state index contributed by atoms with van der Waals surface area (Å²) in [6.07, 6.45) is 3.96.